The molecule has 18 nitrogen and oxygen atoms in total. The molecule has 0 aliphatic carbocycles. The maximum atomic E-state index is 7.43. The van der Waals surface area contributed by atoms with E-state index in [0.717, 1.165) is 0 Å². The molecular weight excluding hydrogens is 644 g/mol. The van der Waals surface area contributed by atoms with E-state index in [1.54, 1.807) is 24.8 Å². The van der Waals surface area contributed by atoms with Gasteiger partial charge in [-0.05, 0) is 48.5 Å². The van der Waals surface area contributed by atoms with Crippen molar-refractivity contribution >= 4 is 12.0 Å². The van der Waals surface area contributed by atoms with Crippen molar-refractivity contribution in [1.82, 2.24) is 49.7 Å². The van der Waals surface area contributed by atoms with Gasteiger partial charge in [0.1, 0.15) is 22.8 Å². The normalized spacial score (nSPS) is 8.81. The molecule has 4 N–H and O–H groups in total. The second kappa shape index (κ2) is 19.8. The van der Waals surface area contributed by atoms with E-state index in [1.165, 1.54) is 33.8 Å². The molecule has 6 heterocycles. The molecule has 47 heavy (non-hydrogen) atoms. The van der Waals surface area contributed by atoms with E-state index in [1.807, 2.05) is 72.8 Å². The number of nitrogen functional groups attached to an aromatic ring is 2. The summed E-state index contributed by atoms with van der Waals surface area (Å²) in [6.07, 6.45) is 9.30. The monoisotopic (exact) mass is 664 g/mol. The number of nitrogens with two attached hydrogens (primary N) is 2. The molecule has 0 spiro atoms. The van der Waals surface area contributed by atoms with Gasteiger partial charge in [0.15, 0.2) is 0 Å². The van der Waals surface area contributed by atoms with Crippen molar-refractivity contribution in [2.75, 3.05) is 11.7 Å². The zero-order chi connectivity index (χ0) is 33.0. The molecule has 0 amide bonds. The van der Waals surface area contributed by atoms with Crippen LogP contribution in [0.2, 0.25) is 0 Å². The Balaban J connectivity index is 0.000000251. The Bertz CT molecular complexity index is 1730. The summed E-state index contributed by atoms with van der Waals surface area (Å²) in [4.78, 5) is 21.9. The van der Waals surface area contributed by atoms with E-state index in [9.17, 15) is 0 Å². The van der Waals surface area contributed by atoms with Crippen LogP contribution in [0.3, 0.4) is 0 Å². The van der Waals surface area contributed by atoms with Crippen molar-refractivity contribution in [3.63, 3.8) is 0 Å². The van der Waals surface area contributed by atoms with Crippen molar-refractivity contribution in [3.8, 4) is 58.5 Å². The van der Waals surface area contributed by atoms with Crippen molar-refractivity contribution in [3.05, 3.63) is 108 Å². The number of hydrogen-bond donors (Lipinski definition) is 2. The zero-order valence-electron chi connectivity index (χ0n) is 23.9. The molecule has 0 aliphatic rings. The summed E-state index contributed by atoms with van der Waals surface area (Å²) in [5.41, 5.74) is 2.70. The molecule has 6 rings (SSSR count). The first-order valence-electron chi connectivity index (χ1n) is 12.6. The first-order valence-corrected chi connectivity index (χ1v) is 12.6. The van der Waals surface area contributed by atoms with E-state index >= 15 is 0 Å². The summed E-state index contributed by atoms with van der Waals surface area (Å²) in [5, 5.41) is 45.9. The summed E-state index contributed by atoms with van der Waals surface area (Å²) in [6.45, 7) is 0. The Labute approximate surface area is 277 Å². The van der Waals surface area contributed by atoms with Gasteiger partial charge in [0.25, 0.3) is 0 Å². The first kappa shape index (κ1) is 35.9. The van der Waals surface area contributed by atoms with Gasteiger partial charge in [-0.15, -0.1) is 32.4 Å². The molecule has 19 heteroatoms. The minimum absolute atomic E-state index is 0. The molecule has 6 aromatic heterocycles. The van der Waals surface area contributed by atoms with Gasteiger partial charge in [0.05, 0.1) is 12.4 Å². The smallest absolute Gasteiger partial charge is 0.422 e. The van der Waals surface area contributed by atoms with E-state index in [0.29, 0.717) is 46.1 Å². The van der Waals surface area contributed by atoms with E-state index in [2.05, 4.69) is 50.3 Å². The van der Waals surface area contributed by atoms with Gasteiger partial charge in [-0.3, -0.25) is 19.9 Å². The molecule has 0 bridgehead atoms. The number of aromatic nitrogens is 10. The summed E-state index contributed by atoms with van der Waals surface area (Å²) >= 11 is 0. The minimum atomic E-state index is 0. The fraction of sp³-hybridized carbons (Fsp3) is 0. The van der Waals surface area contributed by atoms with Crippen molar-refractivity contribution in [1.29, 1.82) is 10.5 Å². The Morgan fingerprint density at radius 3 is 0.915 bits per heavy atom. The summed E-state index contributed by atoms with van der Waals surface area (Å²) in [7, 11) is 0. The average molecular weight is 664 g/mol. The van der Waals surface area contributed by atoms with Gasteiger partial charge in [-0.1, -0.05) is 24.3 Å². The maximum absolute atomic E-state index is 7.43. The second-order valence-corrected chi connectivity index (χ2v) is 7.92. The molecule has 0 fully saturated rings. The number of pyridine rings is 4. The van der Waals surface area contributed by atoms with Gasteiger partial charge < -0.3 is 32.5 Å². The molecule has 0 atom stereocenters. The Morgan fingerprint density at radius 1 is 0.511 bits per heavy atom. The largest absolute Gasteiger partial charge is 2.00 e. The van der Waals surface area contributed by atoms with Crippen LogP contribution < -0.4 is 11.7 Å². The van der Waals surface area contributed by atoms with E-state index in [4.69, 9.17) is 33.0 Å². The second-order valence-electron chi connectivity index (χ2n) is 7.92. The molecule has 6 aromatic rings. The molecule has 0 radical (unpaired) electrons. The molecule has 230 valence electrons. The van der Waals surface area contributed by atoms with Gasteiger partial charge in [0, 0.05) is 24.8 Å². The number of hydrogen-bond acceptors (Lipinski definition) is 14. The van der Waals surface area contributed by atoms with Gasteiger partial charge in [0.2, 0.25) is 23.3 Å². The van der Waals surface area contributed by atoms with Gasteiger partial charge in [-0.25, -0.2) is 9.35 Å². The third-order valence-electron chi connectivity index (χ3n) is 5.17. The summed E-state index contributed by atoms with van der Waals surface area (Å²) < 4.78 is 2.79. The molecular formula is C28H20FeN18. The predicted octanol–water partition coefficient (Wildman–Crippen LogP) is 2.65. The Hall–Kier alpha value is -7.26. The first-order chi connectivity index (χ1) is 22.5. The topological polar surface area (TPSA) is 282 Å². The summed E-state index contributed by atoms with van der Waals surface area (Å²) in [6, 6.07) is 24.7. The molecule has 0 aromatic carbocycles. The number of nitrogens with zero attached hydrogens (tertiary/aromatic N) is 16. The average Bonchev–Trinajstić information content (AvgIpc) is 3.70. The van der Waals surface area contributed by atoms with Crippen LogP contribution in [0.4, 0.5) is 0 Å². The van der Waals surface area contributed by atoms with Crippen LogP contribution in [0.25, 0.3) is 56.9 Å². The van der Waals surface area contributed by atoms with Crippen LogP contribution in [0.1, 0.15) is 0 Å². The third kappa shape index (κ3) is 10.4. The number of nitriles is 2. The molecule has 0 saturated heterocycles. The Kier molecular flexibility index (Phi) is 15.2. The Morgan fingerprint density at radius 2 is 0.766 bits per heavy atom. The summed E-state index contributed by atoms with van der Waals surface area (Å²) in [5.74, 6) is 14.0. The standard InChI is InChI=1S/2C12H10N6.2C2N3.Fe/c2*13-18-11(9-5-1-3-7-14-9)16-17-12(18)10-6-2-4-8-15-10;2*3-1-5-2-4;/h2*1-8H,13H2;;;/q;;2*-1;+2. The molecule has 0 aliphatic heterocycles. The zero-order valence-corrected chi connectivity index (χ0v) is 25.0. The van der Waals surface area contributed by atoms with Crippen molar-refractivity contribution in [2.24, 2.45) is 9.98 Å². The van der Waals surface area contributed by atoms with E-state index in [-0.39, 0.29) is 17.1 Å². The van der Waals surface area contributed by atoms with Crippen LogP contribution in [0, 0.1) is 22.9 Å². The fourth-order valence-electron chi connectivity index (χ4n) is 3.31. The van der Waals surface area contributed by atoms with Crippen molar-refractivity contribution < 1.29 is 17.1 Å². The molecule has 0 saturated carbocycles. The molecule has 0 unspecified atom stereocenters. The van der Waals surface area contributed by atoms with Crippen LogP contribution in [-0.4, -0.2) is 61.7 Å². The van der Waals surface area contributed by atoms with Crippen LogP contribution >= 0.6 is 0 Å². The number of aliphatic imine (C=N–C) groups is 2. The predicted molar refractivity (Wildman–Crippen MR) is 166 cm³/mol. The van der Waals surface area contributed by atoms with Gasteiger partial charge >= 0.3 is 17.1 Å². The van der Waals surface area contributed by atoms with Crippen LogP contribution in [0.5, 0.6) is 0 Å². The maximum Gasteiger partial charge on any atom is 2.00 e. The minimum Gasteiger partial charge on any atom is -0.422 e. The van der Waals surface area contributed by atoms with Crippen molar-refractivity contribution in [2.45, 2.75) is 0 Å². The van der Waals surface area contributed by atoms with E-state index < -0.39 is 0 Å². The number of rotatable bonds is 4. The van der Waals surface area contributed by atoms with Crippen LogP contribution in [-0.2, 0) is 17.1 Å². The van der Waals surface area contributed by atoms with Gasteiger partial charge in [-0.2, -0.15) is 10.5 Å². The quantitative estimate of drug-likeness (QED) is 0.119. The SMILES string of the molecule is N#CN=C=[N-].N#CN=C=[N-].Nn1c(-c2ccccn2)nnc1-c1ccccn1.Nn1c(-c2ccccn2)nnc1-c1ccccn1.[Fe+2]. The fourth-order valence-corrected chi connectivity index (χ4v) is 3.31. The van der Waals surface area contributed by atoms with Crippen LogP contribution in [0.15, 0.2) is 108 Å². The third-order valence-corrected chi connectivity index (χ3v) is 5.17.